The zero-order valence-electron chi connectivity index (χ0n) is 10.2. The third-order valence-corrected chi connectivity index (χ3v) is 2.29. The molecule has 5 nitrogen and oxygen atoms in total. The molecule has 1 aromatic carbocycles. The van der Waals surface area contributed by atoms with E-state index in [4.69, 9.17) is 15.2 Å². The van der Waals surface area contributed by atoms with Gasteiger partial charge in [-0.1, -0.05) is 6.07 Å². The molecular weight excluding hydrogens is 222 g/mol. The van der Waals surface area contributed by atoms with Crippen LogP contribution in [0.3, 0.4) is 0 Å². The summed E-state index contributed by atoms with van der Waals surface area (Å²) < 4.78 is 14.9. The summed E-state index contributed by atoms with van der Waals surface area (Å²) in [5, 5.41) is 0. The molecule has 0 unspecified atom stereocenters. The number of hydrogen-bond donors (Lipinski definition) is 1. The van der Waals surface area contributed by atoms with Crippen LogP contribution in [-0.4, -0.2) is 26.8 Å². The minimum atomic E-state index is -0.441. The Morgan fingerprint density at radius 2 is 2.06 bits per heavy atom. The molecule has 0 saturated heterocycles. The molecule has 94 valence electrons. The molecule has 0 aromatic heterocycles. The first-order valence-corrected chi connectivity index (χ1v) is 5.21. The van der Waals surface area contributed by atoms with Crippen molar-refractivity contribution in [2.75, 3.05) is 20.8 Å². The Balaban J connectivity index is 2.81. The summed E-state index contributed by atoms with van der Waals surface area (Å²) in [4.78, 5) is 11.0. The number of ether oxygens (including phenoxy) is 3. The maximum Gasteiger partial charge on any atom is 0.343 e. The van der Waals surface area contributed by atoms with Gasteiger partial charge in [0.1, 0.15) is 0 Å². The van der Waals surface area contributed by atoms with Gasteiger partial charge in [-0.25, -0.2) is 4.79 Å². The molecule has 0 aliphatic carbocycles. The molecule has 17 heavy (non-hydrogen) atoms. The van der Waals surface area contributed by atoms with Gasteiger partial charge in [0.15, 0.2) is 18.1 Å². The molecule has 5 heteroatoms. The van der Waals surface area contributed by atoms with Gasteiger partial charge >= 0.3 is 5.97 Å². The molecule has 0 aliphatic rings. The highest BCUT2D eigenvalue weighted by Gasteiger charge is 2.10. The van der Waals surface area contributed by atoms with E-state index in [1.165, 1.54) is 14.2 Å². The highest BCUT2D eigenvalue weighted by atomic mass is 16.6. The predicted molar refractivity (Wildman–Crippen MR) is 63.1 cm³/mol. The smallest absolute Gasteiger partial charge is 0.343 e. The second kappa shape index (κ2) is 6.10. The van der Waals surface area contributed by atoms with Crippen molar-refractivity contribution in [2.45, 2.75) is 13.0 Å². The standard InChI is InChI=1S/C12H17NO4/c1-8(13)9-4-5-10(11(6-9)15-2)17-7-12(14)16-3/h4-6,8H,7,13H2,1-3H3/t8-/m0/s1. The second-order valence-electron chi connectivity index (χ2n) is 3.56. The summed E-state index contributed by atoms with van der Waals surface area (Å²) in [7, 11) is 2.84. The molecule has 0 bridgehead atoms. The Bertz CT molecular complexity index is 390. The Morgan fingerprint density at radius 1 is 1.35 bits per heavy atom. The van der Waals surface area contributed by atoms with E-state index < -0.39 is 5.97 Å². The molecule has 2 N–H and O–H groups in total. The maximum atomic E-state index is 11.0. The van der Waals surface area contributed by atoms with Crippen LogP contribution in [-0.2, 0) is 9.53 Å². The van der Waals surface area contributed by atoms with Crippen molar-refractivity contribution in [3.05, 3.63) is 23.8 Å². The second-order valence-corrected chi connectivity index (χ2v) is 3.56. The minimum Gasteiger partial charge on any atom is -0.493 e. The van der Waals surface area contributed by atoms with Gasteiger partial charge in [0.05, 0.1) is 14.2 Å². The maximum absolute atomic E-state index is 11.0. The first-order chi connectivity index (χ1) is 8.08. The van der Waals surface area contributed by atoms with Gasteiger partial charge in [0, 0.05) is 6.04 Å². The molecular formula is C12H17NO4. The lowest BCUT2D eigenvalue weighted by Crippen LogP contribution is -2.13. The number of nitrogens with two attached hydrogens (primary N) is 1. The van der Waals surface area contributed by atoms with E-state index in [0.717, 1.165) is 5.56 Å². The normalized spacial score (nSPS) is 11.8. The van der Waals surface area contributed by atoms with Gasteiger partial charge in [-0.2, -0.15) is 0 Å². The predicted octanol–water partition coefficient (Wildman–Crippen LogP) is 1.27. The molecule has 0 saturated carbocycles. The Kier molecular flexibility index (Phi) is 4.78. The van der Waals surface area contributed by atoms with E-state index in [-0.39, 0.29) is 12.6 Å². The molecule has 1 aromatic rings. The van der Waals surface area contributed by atoms with Crippen LogP contribution in [0.4, 0.5) is 0 Å². The van der Waals surface area contributed by atoms with E-state index in [1.807, 2.05) is 13.0 Å². The molecule has 0 heterocycles. The lowest BCUT2D eigenvalue weighted by molar-refractivity contribution is -0.142. The fourth-order valence-electron chi connectivity index (χ4n) is 1.28. The van der Waals surface area contributed by atoms with E-state index >= 15 is 0 Å². The number of esters is 1. The number of hydrogen-bond acceptors (Lipinski definition) is 5. The van der Waals surface area contributed by atoms with Crippen molar-refractivity contribution >= 4 is 5.97 Å². The fourth-order valence-corrected chi connectivity index (χ4v) is 1.28. The SMILES string of the molecule is COC(=O)COc1ccc([C@H](C)N)cc1OC. The largest absolute Gasteiger partial charge is 0.493 e. The summed E-state index contributed by atoms with van der Waals surface area (Å²) in [5.74, 6) is 0.592. The molecule has 1 rings (SSSR count). The molecule has 0 radical (unpaired) electrons. The van der Waals surface area contributed by atoms with E-state index in [1.54, 1.807) is 12.1 Å². The summed E-state index contributed by atoms with van der Waals surface area (Å²) in [6, 6.07) is 5.26. The number of carbonyl (C=O) groups excluding carboxylic acids is 1. The van der Waals surface area contributed by atoms with Crippen molar-refractivity contribution in [3.8, 4) is 11.5 Å². The lowest BCUT2D eigenvalue weighted by atomic mass is 10.1. The zero-order chi connectivity index (χ0) is 12.8. The van der Waals surface area contributed by atoms with Gasteiger partial charge in [-0.05, 0) is 24.6 Å². The Labute approximate surface area is 100 Å². The van der Waals surface area contributed by atoms with Crippen LogP contribution in [0, 0.1) is 0 Å². The van der Waals surface area contributed by atoms with Crippen molar-refractivity contribution in [3.63, 3.8) is 0 Å². The van der Waals surface area contributed by atoms with Crippen molar-refractivity contribution in [1.82, 2.24) is 0 Å². The van der Waals surface area contributed by atoms with Crippen molar-refractivity contribution in [1.29, 1.82) is 0 Å². The van der Waals surface area contributed by atoms with Gasteiger partial charge in [0.2, 0.25) is 0 Å². The third kappa shape index (κ3) is 3.64. The molecule has 0 fully saturated rings. The Morgan fingerprint density at radius 3 is 2.59 bits per heavy atom. The van der Waals surface area contributed by atoms with Crippen LogP contribution < -0.4 is 15.2 Å². The minimum absolute atomic E-state index is 0.0847. The van der Waals surface area contributed by atoms with E-state index in [9.17, 15) is 4.79 Å². The monoisotopic (exact) mass is 239 g/mol. The topological polar surface area (TPSA) is 70.8 Å². The average Bonchev–Trinajstić information content (AvgIpc) is 2.35. The molecule has 0 amide bonds. The number of methoxy groups -OCH3 is 2. The van der Waals surface area contributed by atoms with Crippen LogP contribution in [0.5, 0.6) is 11.5 Å². The highest BCUT2D eigenvalue weighted by Crippen LogP contribution is 2.29. The fraction of sp³-hybridized carbons (Fsp3) is 0.417. The van der Waals surface area contributed by atoms with Crippen LogP contribution in [0.25, 0.3) is 0 Å². The summed E-state index contributed by atoms with van der Waals surface area (Å²) in [6.45, 7) is 1.73. The van der Waals surface area contributed by atoms with Crippen LogP contribution in [0.2, 0.25) is 0 Å². The molecule has 0 aliphatic heterocycles. The summed E-state index contributed by atoms with van der Waals surface area (Å²) >= 11 is 0. The van der Waals surface area contributed by atoms with E-state index in [2.05, 4.69) is 4.74 Å². The quantitative estimate of drug-likeness (QED) is 0.783. The van der Waals surface area contributed by atoms with E-state index in [0.29, 0.717) is 11.5 Å². The summed E-state index contributed by atoms with van der Waals surface area (Å²) in [6.07, 6.45) is 0. The van der Waals surface area contributed by atoms with Crippen LogP contribution in [0.15, 0.2) is 18.2 Å². The average molecular weight is 239 g/mol. The van der Waals surface area contributed by atoms with Crippen molar-refractivity contribution < 1.29 is 19.0 Å². The zero-order valence-corrected chi connectivity index (χ0v) is 10.2. The van der Waals surface area contributed by atoms with Gasteiger partial charge < -0.3 is 19.9 Å². The van der Waals surface area contributed by atoms with Gasteiger partial charge in [-0.3, -0.25) is 0 Å². The Hall–Kier alpha value is -1.75. The van der Waals surface area contributed by atoms with Crippen molar-refractivity contribution in [2.24, 2.45) is 5.73 Å². The number of rotatable bonds is 5. The number of carbonyl (C=O) groups is 1. The first-order valence-electron chi connectivity index (χ1n) is 5.21. The first kappa shape index (κ1) is 13.3. The third-order valence-electron chi connectivity index (χ3n) is 2.29. The highest BCUT2D eigenvalue weighted by molar-refractivity contribution is 5.71. The van der Waals surface area contributed by atoms with Gasteiger partial charge in [0.25, 0.3) is 0 Å². The van der Waals surface area contributed by atoms with Crippen LogP contribution >= 0.6 is 0 Å². The van der Waals surface area contributed by atoms with Crippen LogP contribution in [0.1, 0.15) is 18.5 Å². The molecule has 0 spiro atoms. The van der Waals surface area contributed by atoms with Gasteiger partial charge in [-0.15, -0.1) is 0 Å². The number of benzene rings is 1. The summed E-state index contributed by atoms with van der Waals surface area (Å²) in [5.41, 5.74) is 6.70. The molecule has 1 atom stereocenters. The lowest BCUT2D eigenvalue weighted by Gasteiger charge is -2.12.